The van der Waals surface area contributed by atoms with Crippen molar-refractivity contribution in [3.63, 3.8) is 0 Å². The lowest BCUT2D eigenvalue weighted by atomic mass is 9.81. The van der Waals surface area contributed by atoms with Gasteiger partial charge in [0.2, 0.25) is 0 Å². The molecular formula is C13H14O3. The molecule has 0 aliphatic heterocycles. The summed E-state index contributed by atoms with van der Waals surface area (Å²) < 4.78 is 5.31. The van der Waals surface area contributed by atoms with Gasteiger partial charge >= 0.3 is 5.97 Å². The second-order valence-corrected chi connectivity index (χ2v) is 4.63. The quantitative estimate of drug-likeness (QED) is 0.860. The molecule has 1 N–H and O–H groups in total. The van der Waals surface area contributed by atoms with Gasteiger partial charge < -0.3 is 9.52 Å². The highest BCUT2D eigenvalue weighted by atomic mass is 16.4. The van der Waals surface area contributed by atoms with Gasteiger partial charge in [-0.05, 0) is 17.7 Å². The number of fused-ring (bicyclic) bond motifs is 1. The first-order chi connectivity index (χ1) is 7.49. The lowest BCUT2D eigenvalue weighted by Crippen LogP contribution is -2.21. The third kappa shape index (κ3) is 1.94. The van der Waals surface area contributed by atoms with Crippen LogP contribution >= 0.6 is 0 Å². The van der Waals surface area contributed by atoms with Crippen molar-refractivity contribution < 1.29 is 14.3 Å². The van der Waals surface area contributed by atoms with Crippen molar-refractivity contribution in [2.75, 3.05) is 0 Å². The number of carboxylic acids is 1. The van der Waals surface area contributed by atoms with Crippen LogP contribution in [0.15, 0.2) is 34.9 Å². The molecule has 0 saturated carbocycles. The molecule has 0 fully saturated rings. The van der Waals surface area contributed by atoms with E-state index in [1.54, 1.807) is 6.26 Å². The summed E-state index contributed by atoms with van der Waals surface area (Å²) in [4.78, 5) is 10.8. The third-order valence-electron chi connectivity index (χ3n) is 2.83. The Hall–Kier alpha value is -1.77. The van der Waals surface area contributed by atoms with Gasteiger partial charge in [-0.1, -0.05) is 26.0 Å². The van der Waals surface area contributed by atoms with Gasteiger partial charge in [-0.2, -0.15) is 0 Å². The lowest BCUT2D eigenvalue weighted by Gasteiger charge is -2.22. The molecule has 0 radical (unpaired) electrons. The minimum atomic E-state index is -0.787. The van der Waals surface area contributed by atoms with Crippen LogP contribution in [0.4, 0.5) is 0 Å². The summed E-state index contributed by atoms with van der Waals surface area (Å²) in [5, 5.41) is 9.90. The molecule has 0 spiro atoms. The summed E-state index contributed by atoms with van der Waals surface area (Å²) >= 11 is 0. The van der Waals surface area contributed by atoms with E-state index in [1.807, 2.05) is 38.1 Å². The maximum absolute atomic E-state index is 10.8. The Bertz CT molecular complexity index is 523. The van der Waals surface area contributed by atoms with E-state index in [9.17, 15) is 4.79 Å². The molecule has 0 unspecified atom stereocenters. The molecule has 3 heteroatoms. The average Bonchev–Trinajstić information content (AvgIpc) is 2.61. The molecule has 0 aliphatic carbocycles. The number of furan rings is 1. The average molecular weight is 218 g/mol. The van der Waals surface area contributed by atoms with Gasteiger partial charge in [0.05, 0.1) is 12.7 Å². The predicted octanol–water partition coefficient (Wildman–Crippen LogP) is 3.19. The molecule has 2 aromatic rings. The van der Waals surface area contributed by atoms with Crippen molar-refractivity contribution in [2.45, 2.75) is 25.7 Å². The first-order valence-electron chi connectivity index (χ1n) is 5.18. The number of carbonyl (C=O) groups is 1. The zero-order valence-corrected chi connectivity index (χ0v) is 9.36. The second kappa shape index (κ2) is 3.67. The topological polar surface area (TPSA) is 50.4 Å². The fraction of sp³-hybridized carbons (Fsp3) is 0.308. The molecule has 2 rings (SSSR count). The van der Waals surface area contributed by atoms with Crippen LogP contribution < -0.4 is 0 Å². The first kappa shape index (κ1) is 10.7. The van der Waals surface area contributed by atoms with Crippen LogP contribution in [0.2, 0.25) is 0 Å². The summed E-state index contributed by atoms with van der Waals surface area (Å²) in [5.41, 5.74) is 1.40. The van der Waals surface area contributed by atoms with Crippen molar-refractivity contribution in [3.8, 4) is 0 Å². The van der Waals surface area contributed by atoms with Crippen LogP contribution in [0.25, 0.3) is 11.0 Å². The Labute approximate surface area is 93.7 Å². The van der Waals surface area contributed by atoms with Gasteiger partial charge in [0, 0.05) is 10.8 Å². The highest BCUT2D eigenvalue weighted by Gasteiger charge is 2.24. The minimum Gasteiger partial charge on any atom is -0.481 e. The van der Waals surface area contributed by atoms with E-state index in [-0.39, 0.29) is 11.8 Å². The van der Waals surface area contributed by atoms with E-state index in [1.165, 1.54) is 0 Å². The summed E-state index contributed by atoms with van der Waals surface area (Å²) in [6.45, 7) is 3.84. The normalized spacial score (nSPS) is 11.9. The molecule has 1 aromatic heterocycles. The maximum atomic E-state index is 10.8. The molecule has 1 heterocycles. The minimum absolute atomic E-state index is 0.110. The number of carboxylic acid groups (broad SMARTS) is 1. The summed E-state index contributed by atoms with van der Waals surface area (Å²) in [7, 11) is 0. The van der Waals surface area contributed by atoms with Gasteiger partial charge in [0.1, 0.15) is 5.58 Å². The maximum Gasteiger partial charge on any atom is 0.304 e. The molecule has 84 valence electrons. The van der Waals surface area contributed by atoms with Crippen LogP contribution in [0, 0.1) is 0 Å². The molecule has 0 saturated heterocycles. The molecule has 16 heavy (non-hydrogen) atoms. The molecule has 0 amide bonds. The first-order valence-corrected chi connectivity index (χ1v) is 5.18. The SMILES string of the molecule is CC(C)(CC(=O)O)c1ccc2ccoc2c1. The highest BCUT2D eigenvalue weighted by Crippen LogP contribution is 2.29. The van der Waals surface area contributed by atoms with E-state index in [0.717, 1.165) is 16.5 Å². The predicted molar refractivity (Wildman–Crippen MR) is 61.5 cm³/mol. The highest BCUT2D eigenvalue weighted by molar-refractivity contribution is 5.78. The smallest absolute Gasteiger partial charge is 0.304 e. The van der Waals surface area contributed by atoms with Crippen molar-refractivity contribution >= 4 is 16.9 Å². The summed E-state index contributed by atoms with van der Waals surface area (Å²) in [5.74, 6) is -0.787. The van der Waals surface area contributed by atoms with Crippen LogP contribution in [-0.4, -0.2) is 11.1 Å². The Morgan fingerprint density at radius 2 is 2.12 bits per heavy atom. The van der Waals surface area contributed by atoms with Gasteiger partial charge in [-0.15, -0.1) is 0 Å². The standard InChI is InChI=1S/C13H14O3/c1-13(2,8-12(14)15)10-4-3-9-5-6-16-11(9)7-10/h3-7H,8H2,1-2H3,(H,14,15). The molecular weight excluding hydrogens is 204 g/mol. The Morgan fingerprint density at radius 1 is 1.38 bits per heavy atom. The second-order valence-electron chi connectivity index (χ2n) is 4.63. The van der Waals surface area contributed by atoms with Gasteiger partial charge in [-0.3, -0.25) is 4.79 Å². The van der Waals surface area contributed by atoms with Crippen LogP contribution in [-0.2, 0) is 10.2 Å². The lowest BCUT2D eigenvalue weighted by molar-refractivity contribution is -0.138. The van der Waals surface area contributed by atoms with E-state index >= 15 is 0 Å². The van der Waals surface area contributed by atoms with Crippen molar-refractivity contribution in [1.82, 2.24) is 0 Å². The molecule has 0 bridgehead atoms. The van der Waals surface area contributed by atoms with Crippen LogP contribution in [0.1, 0.15) is 25.8 Å². The Kier molecular flexibility index (Phi) is 2.46. The molecule has 0 atom stereocenters. The molecule has 1 aromatic carbocycles. The van der Waals surface area contributed by atoms with E-state index in [2.05, 4.69) is 0 Å². The Morgan fingerprint density at radius 3 is 2.81 bits per heavy atom. The van der Waals surface area contributed by atoms with Crippen molar-refractivity contribution in [2.24, 2.45) is 0 Å². The monoisotopic (exact) mass is 218 g/mol. The van der Waals surface area contributed by atoms with E-state index < -0.39 is 5.97 Å². The van der Waals surface area contributed by atoms with Crippen molar-refractivity contribution in [3.05, 3.63) is 36.1 Å². The number of aliphatic carboxylic acids is 1. The number of hydrogen-bond donors (Lipinski definition) is 1. The van der Waals surface area contributed by atoms with Gasteiger partial charge in [0.25, 0.3) is 0 Å². The van der Waals surface area contributed by atoms with Crippen LogP contribution in [0.5, 0.6) is 0 Å². The van der Waals surface area contributed by atoms with Gasteiger partial charge in [0.15, 0.2) is 0 Å². The number of benzene rings is 1. The van der Waals surface area contributed by atoms with Crippen LogP contribution in [0.3, 0.4) is 0 Å². The largest absolute Gasteiger partial charge is 0.481 e. The molecule has 0 aliphatic rings. The zero-order chi connectivity index (χ0) is 11.8. The summed E-state index contributed by atoms with van der Waals surface area (Å²) in [6, 6.07) is 7.72. The fourth-order valence-corrected chi connectivity index (χ4v) is 1.86. The number of rotatable bonds is 3. The fourth-order valence-electron chi connectivity index (χ4n) is 1.86. The zero-order valence-electron chi connectivity index (χ0n) is 9.36. The van der Waals surface area contributed by atoms with E-state index in [4.69, 9.17) is 9.52 Å². The third-order valence-corrected chi connectivity index (χ3v) is 2.83. The molecule has 3 nitrogen and oxygen atoms in total. The Balaban J connectivity index is 2.41. The van der Waals surface area contributed by atoms with Crippen molar-refractivity contribution in [1.29, 1.82) is 0 Å². The van der Waals surface area contributed by atoms with Gasteiger partial charge in [-0.25, -0.2) is 0 Å². The van der Waals surface area contributed by atoms with E-state index in [0.29, 0.717) is 0 Å². The summed E-state index contributed by atoms with van der Waals surface area (Å²) in [6.07, 6.45) is 1.75. The number of hydrogen-bond acceptors (Lipinski definition) is 2.